The Morgan fingerprint density at radius 1 is 0.810 bits per heavy atom. The lowest BCUT2D eigenvalue weighted by Gasteiger charge is -2.12. The van der Waals surface area contributed by atoms with Crippen molar-refractivity contribution >= 4 is 0 Å². The Labute approximate surface area is 123 Å². The van der Waals surface area contributed by atoms with Gasteiger partial charge in [0.15, 0.2) is 0 Å². The van der Waals surface area contributed by atoms with Crippen molar-refractivity contribution in [3.63, 3.8) is 0 Å². The van der Waals surface area contributed by atoms with Gasteiger partial charge in [-0.05, 0) is 48.7 Å². The molecular weight excluding hydrogens is 260 g/mol. The van der Waals surface area contributed by atoms with Crippen LogP contribution in [-0.4, -0.2) is 20.2 Å². The Hall–Kier alpha value is -2.62. The fraction of sp³-hybridized carbons (Fsp3) is 0.176. The summed E-state index contributed by atoms with van der Waals surface area (Å²) in [6.07, 6.45) is 4.43. The molecule has 0 fully saturated rings. The smallest absolute Gasteiger partial charge is 0.115 e. The molecule has 0 aliphatic carbocycles. The van der Waals surface area contributed by atoms with Crippen LogP contribution in [0, 0.1) is 6.92 Å². The molecule has 4 nitrogen and oxygen atoms in total. The monoisotopic (exact) mass is 276 g/mol. The lowest BCUT2D eigenvalue weighted by molar-refractivity contribution is 0.963. The van der Waals surface area contributed by atoms with E-state index in [0.717, 1.165) is 34.8 Å². The first-order valence-corrected chi connectivity index (χ1v) is 7.00. The number of pyridine rings is 2. The van der Waals surface area contributed by atoms with Crippen molar-refractivity contribution in [3.8, 4) is 22.8 Å². The normalized spacial score (nSPS) is 10.6. The van der Waals surface area contributed by atoms with E-state index in [1.807, 2.05) is 36.4 Å². The molecule has 4 heteroatoms. The zero-order chi connectivity index (χ0) is 14.7. The van der Waals surface area contributed by atoms with Crippen LogP contribution in [0.1, 0.15) is 18.1 Å². The van der Waals surface area contributed by atoms with E-state index in [2.05, 4.69) is 34.0 Å². The maximum Gasteiger partial charge on any atom is 0.115 e. The maximum absolute atomic E-state index is 4.40. The van der Waals surface area contributed by atoms with E-state index in [1.165, 1.54) is 5.56 Å². The zero-order valence-corrected chi connectivity index (χ0v) is 12.1. The van der Waals surface area contributed by atoms with E-state index in [1.54, 1.807) is 12.4 Å². The molecule has 3 aromatic rings. The molecule has 0 aliphatic rings. The molecule has 3 rings (SSSR count). The molecule has 0 atom stereocenters. The van der Waals surface area contributed by atoms with Crippen molar-refractivity contribution in [2.75, 3.05) is 0 Å². The number of rotatable bonds is 3. The Kier molecular flexibility index (Phi) is 3.69. The van der Waals surface area contributed by atoms with Gasteiger partial charge in [0.2, 0.25) is 0 Å². The lowest BCUT2D eigenvalue weighted by atomic mass is 10.00. The number of aromatic nitrogens is 4. The van der Waals surface area contributed by atoms with Crippen molar-refractivity contribution in [1.82, 2.24) is 20.2 Å². The third-order valence-corrected chi connectivity index (χ3v) is 3.51. The Balaban J connectivity index is 2.17. The van der Waals surface area contributed by atoms with Gasteiger partial charge in [0, 0.05) is 12.4 Å². The molecule has 0 aromatic carbocycles. The number of nitrogens with zero attached hydrogens (tertiary/aromatic N) is 4. The van der Waals surface area contributed by atoms with Gasteiger partial charge in [0.25, 0.3) is 0 Å². The first kappa shape index (κ1) is 13.4. The summed E-state index contributed by atoms with van der Waals surface area (Å²) in [4.78, 5) is 8.75. The lowest BCUT2D eigenvalue weighted by Crippen LogP contribution is -2.03. The minimum atomic E-state index is 0.840. The predicted octanol–water partition coefficient (Wildman–Crippen LogP) is 3.47. The zero-order valence-electron chi connectivity index (χ0n) is 12.1. The van der Waals surface area contributed by atoms with Crippen LogP contribution >= 0.6 is 0 Å². The first-order chi connectivity index (χ1) is 10.3. The molecule has 0 saturated heterocycles. The molecule has 3 aromatic heterocycles. The van der Waals surface area contributed by atoms with Gasteiger partial charge in [-0.1, -0.05) is 19.1 Å². The molecule has 0 bridgehead atoms. The predicted molar refractivity (Wildman–Crippen MR) is 82.6 cm³/mol. The Morgan fingerprint density at radius 3 is 1.90 bits per heavy atom. The summed E-state index contributed by atoms with van der Waals surface area (Å²) in [5.74, 6) is 0. The summed E-state index contributed by atoms with van der Waals surface area (Å²) in [7, 11) is 0. The van der Waals surface area contributed by atoms with Crippen molar-refractivity contribution in [3.05, 3.63) is 59.9 Å². The van der Waals surface area contributed by atoms with E-state index in [4.69, 9.17) is 0 Å². The second-order valence-corrected chi connectivity index (χ2v) is 4.78. The fourth-order valence-electron chi connectivity index (χ4n) is 2.44. The van der Waals surface area contributed by atoms with E-state index in [-0.39, 0.29) is 0 Å². The molecule has 0 radical (unpaired) electrons. The second-order valence-electron chi connectivity index (χ2n) is 4.78. The molecule has 3 heterocycles. The van der Waals surface area contributed by atoms with Crippen molar-refractivity contribution in [1.29, 1.82) is 0 Å². The quantitative estimate of drug-likeness (QED) is 0.735. The van der Waals surface area contributed by atoms with Crippen molar-refractivity contribution in [2.45, 2.75) is 20.3 Å². The number of hydrogen-bond acceptors (Lipinski definition) is 4. The van der Waals surface area contributed by atoms with E-state index >= 15 is 0 Å². The summed E-state index contributed by atoms with van der Waals surface area (Å²) in [5.41, 5.74) is 5.70. The van der Waals surface area contributed by atoms with E-state index in [9.17, 15) is 0 Å². The van der Waals surface area contributed by atoms with Gasteiger partial charge in [-0.25, -0.2) is 0 Å². The first-order valence-electron chi connectivity index (χ1n) is 7.00. The molecule has 104 valence electrons. The summed E-state index contributed by atoms with van der Waals surface area (Å²) in [6.45, 7) is 4.20. The minimum absolute atomic E-state index is 0.840. The summed E-state index contributed by atoms with van der Waals surface area (Å²) < 4.78 is 0. The average molecular weight is 276 g/mol. The highest BCUT2D eigenvalue weighted by atomic mass is 15.1. The second kappa shape index (κ2) is 5.79. The van der Waals surface area contributed by atoms with Crippen LogP contribution in [0.25, 0.3) is 22.8 Å². The highest BCUT2D eigenvalue weighted by Crippen LogP contribution is 2.27. The summed E-state index contributed by atoms with van der Waals surface area (Å²) >= 11 is 0. The van der Waals surface area contributed by atoms with Gasteiger partial charge >= 0.3 is 0 Å². The molecule has 0 saturated carbocycles. The molecular formula is C17H16N4. The van der Waals surface area contributed by atoms with Gasteiger partial charge in [0.1, 0.15) is 11.4 Å². The standard InChI is InChI=1S/C17H16N4/c1-3-13-12(2)16(14-8-4-6-10-18-14)20-21-17(13)15-9-5-7-11-19-15/h4-11H,3H2,1-2H3. The largest absolute Gasteiger partial charge is 0.255 e. The van der Waals surface area contributed by atoms with Crippen LogP contribution in [0.3, 0.4) is 0 Å². The van der Waals surface area contributed by atoms with Crippen LogP contribution in [0.15, 0.2) is 48.8 Å². The Bertz CT molecular complexity index is 739. The molecule has 0 amide bonds. The van der Waals surface area contributed by atoms with E-state index < -0.39 is 0 Å². The molecule has 0 N–H and O–H groups in total. The van der Waals surface area contributed by atoms with Gasteiger partial charge in [-0.15, -0.1) is 10.2 Å². The number of hydrogen-bond donors (Lipinski definition) is 0. The highest BCUT2D eigenvalue weighted by molar-refractivity contribution is 5.67. The summed E-state index contributed by atoms with van der Waals surface area (Å²) in [5, 5.41) is 8.79. The van der Waals surface area contributed by atoms with Gasteiger partial charge in [-0.3, -0.25) is 9.97 Å². The third kappa shape index (κ3) is 2.52. The fourth-order valence-corrected chi connectivity index (χ4v) is 2.44. The van der Waals surface area contributed by atoms with Crippen LogP contribution in [-0.2, 0) is 6.42 Å². The Morgan fingerprint density at radius 2 is 1.38 bits per heavy atom. The van der Waals surface area contributed by atoms with Crippen molar-refractivity contribution < 1.29 is 0 Å². The van der Waals surface area contributed by atoms with Crippen LogP contribution in [0.5, 0.6) is 0 Å². The molecule has 0 spiro atoms. The molecule has 21 heavy (non-hydrogen) atoms. The van der Waals surface area contributed by atoms with Crippen molar-refractivity contribution in [2.24, 2.45) is 0 Å². The van der Waals surface area contributed by atoms with E-state index in [0.29, 0.717) is 0 Å². The molecule has 0 unspecified atom stereocenters. The average Bonchev–Trinajstić information content (AvgIpc) is 2.56. The molecule has 0 aliphatic heterocycles. The van der Waals surface area contributed by atoms with Gasteiger partial charge in [0.05, 0.1) is 11.4 Å². The van der Waals surface area contributed by atoms with Gasteiger partial charge in [-0.2, -0.15) is 0 Å². The van der Waals surface area contributed by atoms with Crippen LogP contribution in [0.4, 0.5) is 0 Å². The highest BCUT2D eigenvalue weighted by Gasteiger charge is 2.15. The third-order valence-electron chi connectivity index (χ3n) is 3.51. The summed E-state index contributed by atoms with van der Waals surface area (Å²) in [6, 6.07) is 11.6. The maximum atomic E-state index is 4.40. The van der Waals surface area contributed by atoms with Crippen LogP contribution < -0.4 is 0 Å². The SMILES string of the molecule is CCc1c(-c2ccccn2)nnc(-c2ccccn2)c1C. The van der Waals surface area contributed by atoms with Crippen LogP contribution in [0.2, 0.25) is 0 Å². The topological polar surface area (TPSA) is 51.6 Å². The minimum Gasteiger partial charge on any atom is -0.255 e. The van der Waals surface area contributed by atoms with Gasteiger partial charge < -0.3 is 0 Å².